The summed E-state index contributed by atoms with van der Waals surface area (Å²) in [6.45, 7) is 5.22. The molecule has 1 N–H and O–H groups in total. The number of rotatable bonds is 9. The van der Waals surface area contributed by atoms with E-state index >= 15 is 0 Å². The van der Waals surface area contributed by atoms with Gasteiger partial charge in [-0.25, -0.2) is 0 Å². The van der Waals surface area contributed by atoms with Crippen molar-refractivity contribution in [3.63, 3.8) is 0 Å². The van der Waals surface area contributed by atoms with Gasteiger partial charge in [-0.15, -0.1) is 0 Å². The van der Waals surface area contributed by atoms with Crippen LogP contribution in [0.3, 0.4) is 0 Å². The van der Waals surface area contributed by atoms with E-state index in [4.69, 9.17) is 4.74 Å². The normalized spacial score (nSPS) is 13.2. The van der Waals surface area contributed by atoms with Gasteiger partial charge in [0.15, 0.2) is 5.78 Å². The van der Waals surface area contributed by atoms with Crippen LogP contribution in [0.5, 0.6) is 5.75 Å². The number of nitrogens with zero attached hydrogens (tertiary/aromatic N) is 1. The van der Waals surface area contributed by atoms with Crippen molar-refractivity contribution >= 4 is 16.7 Å². The van der Waals surface area contributed by atoms with Crippen molar-refractivity contribution in [3.05, 3.63) is 106 Å². The van der Waals surface area contributed by atoms with Crippen LogP contribution >= 0.6 is 0 Å². The fraction of sp³-hybridized carbons (Fsp3) is 0.290. The van der Waals surface area contributed by atoms with E-state index in [2.05, 4.69) is 36.3 Å². The highest BCUT2D eigenvalue weighted by Gasteiger charge is 2.23. The molecular weight excluding hydrogens is 432 g/mol. The minimum Gasteiger partial charge on any atom is -0.487 e. The zero-order chi connectivity index (χ0) is 24.2. The van der Waals surface area contributed by atoms with E-state index in [1.54, 1.807) is 6.20 Å². The molecule has 3 aromatic carbocycles. The third-order valence-corrected chi connectivity index (χ3v) is 7.04. The Morgan fingerprint density at radius 3 is 2.34 bits per heavy atom. The van der Waals surface area contributed by atoms with Gasteiger partial charge < -0.3 is 10.1 Å². The molecule has 178 valence electrons. The van der Waals surface area contributed by atoms with Gasteiger partial charge in [0.25, 0.3) is 0 Å². The van der Waals surface area contributed by atoms with Crippen LogP contribution in [0.2, 0.25) is 0 Å². The lowest BCUT2D eigenvalue weighted by molar-refractivity contribution is 0.0989. The topological polar surface area (TPSA) is 51.2 Å². The average Bonchev–Trinajstić information content (AvgIpc) is 3.31. The molecule has 1 aromatic heterocycles. The molecule has 4 nitrogen and oxygen atoms in total. The van der Waals surface area contributed by atoms with Crippen LogP contribution in [0.25, 0.3) is 10.9 Å². The zero-order valence-corrected chi connectivity index (χ0v) is 20.5. The highest BCUT2D eigenvalue weighted by atomic mass is 16.5. The number of carbonyl (C=O) groups is 1. The number of ether oxygens (including phenoxy) is 1. The Labute approximate surface area is 207 Å². The summed E-state index contributed by atoms with van der Waals surface area (Å²) < 4.78 is 6.07. The molecule has 5 rings (SSSR count). The predicted molar refractivity (Wildman–Crippen MR) is 141 cm³/mol. The SMILES string of the molecule is CCc1cc2c(cc1CC)CC(NCC(=O)c1ccc(OCc3ccccc3)c3ncccc13)C2. The van der Waals surface area contributed by atoms with Crippen LogP contribution in [0.15, 0.2) is 72.9 Å². The van der Waals surface area contributed by atoms with Crippen LogP contribution < -0.4 is 10.1 Å². The molecular formula is C31H32N2O2. The van der Waals surface area contributed by atoms with Gasteiger partial charge in [-0.3, -0.25) is 9.78 Å². The van der Waals surface area contributed by atoms with Crippen molar-refractivity contribution in [3.8, 4) is 5.75 Å². The Balaban J connectivity index is 1.28. The van der Waals surface area contributed by atoms with Gasteiger partial charge in [0.1, 0.15) is 17.9 Å². The number of aryl methyl sites for hydroxylation is 2. The first-order chi connectivity index (χ1) is 17.2. The van der Waals surface area contributed by atoms with Crippen LogP contribution in [0, 0.1) is 0 Å². The number of fused-ring (bicyclic) bond motifs is 2. The van der Waals surface area contributed by atoms with E-state index in [1.165, 1.54) is 22.3 Å². The quantitative estimate of drug-likeness (QED) is 0.314. The number of carbonyl (C=O) groups excluding carboxylic acids is 1. The van der Waals surface area contributed by atoms with E-state index in [-0.39, 0.29) is 5.78 Å². The molecule has 0 saturated carbocycles. The van der Waals surface area contributed by atoms with Gasteiger partial charge >= 0.3 is 0 Å². The van der Waals surface area contributed by atoms with E-state index < -0.39 is 0 Å². The van der Waals surface area contributed by atoms with Crippen molar-refractivity contribution < 1.29 is 9.53 Å². The Bertz CT molecular complexity index is 1310. The molecule has 0 atom stereocenters. The van der Waals surface area contributed by atoms with Crippen LogP contribution in [0.1, 0.15) is 52.0 Å². The first-order valence-corrected chi connectivity index (χ1v) is 12.6. The molecule has 0 spiro atoms. The predicted octanol–water partition coefficient (Wildman–Crippen LogP) is 5.88. The maximum Gasteiger partial charge on any atom is 0.177 e. The van der Waals surface area contributed by atoms with Crippen LogP contribution in [0.4, 0.5) is 0 Å². The molecule has 4 heteroatoms. The lowest BCUT2D eigenvalue weighted by atomic mass is 9.97. The fourth-order valence-corrected chi connectivity index (χ4v) is 5.15. The van der Waals surface area contributed by atoms with Gasteiger partial charge in [-0.1, -0.05) is 62.4 Å². The van der Waals surface area contributed by atoms with E-state index in [0.29, 0.717) is 30.5 Å². The van der Waals surface area contributed by atoms with E-state index in [1.807, 2.05) is 54.6 Å². The summed E-state index contributed by atoms with van der Waals surface area (Å²) in [5, 5.41) is 4.36. The molecule has 0 aliphatic heterocycles. The van der Waals surface area contributed by atoms with Gasteiger partial charge in [-0.2, -0.15) is 0 Å². The first kappa shape index (κ1) is 23.3. The minimum atomic E-state index is 0.0806. The third-order valence-electron chi connectivity index (χ3n) is 7.04. The van der Waals surface area contributed by atoms with Crippen molar-refractivity contribution in [2.45, 2.75) is 52.2 Å². The van der Waals surface area contributed by atoms with E-state index in [9.17, 15) is 4.79 Å². The summed E-state index contributed by atoms with van der Waals surface area (Å²) in [5.41, 5.74) is 8.27. The molecule has 0 saturated heterocycles. The summed E-state index contributed by atoms with van der Waals surface area (Å²) in [4.78, 5) is 17.8. The number of Topliss-reactive ketones (excluding diaryl/α,β-unsaturated/α-hetero) is 1. The Hall–Kier alpha value is -3.50. The lowest BCUT2D eigenvalue weighted by Crippen LogP contribution is -2.34. The monoisotopic (exact) mass is 464 g/mol. The maximum atomic E-state index is 13.2. The van der Waals surface area contributed by atoms with Crippen molar-refractivity contribution in [2.24, 2.45) is 0 Å². The van der Waals surface area contributed by atoms with Crippen molar-refractivity contribution in [1.29, 1.82) is 0 Å². The smallest absolute Gasteiger partial charge is 0.177 e. The Morgan fingerprint density at radius 2 is 1.66 bits per heavy atom. The number of aromatic nitrogens is 1. The van der Waals surface area contributed by atoms with Crippen LogP contribution in [-0.2, 0) is 32.3 Å². The number of nitrogens with one attached hydrogen (secondary N) is 1. The van der Waals surface area contributed by atoms with Crippen LogP contribution in [-0.4, -0.2) is 23.4 Å². The summed E-state index contributed by atoms with van der Waals surface area (Å²) in [6.07, 6.45) is 5.84. The zero-order valence-electron chi connectivity index (χ0n) is 20.5. The molecule has 0 unspecified atom stereocenters. The number of hydrogen-bond donors (Lipinski definition) is 1. The average molecular weight is 465 g/mol. The van der Waals surface area contributed by atoms with E-state index in [0.717, 1.165) is 42.1 Å². The van der Waals surface area contributed by atoms with Crippen molar-refractivity contribution in [1.82, 2.24) is 10.3 Å². The molecule has 35 heavy (non-hydrogen) atoms. The number of benzene rings is 3. The largest absolute Gasteiger partial charge is 0.487 e. The summed E-state index contributed by atoms with van der Waals surface area (Å²) in [7, 11) is 0. The number of hydrogen-bond acceptors (Lipinski definition) is 4. The second kappa shape index (κ2) is 10.4. The minimum absolute atomic E-state index is 0.0806. The second-order valence-electron chi connectivity index (χ2n) is 9.29. The summed E-state index contributed by atoms with van der Waals surface area (Å²) in [6, 6.07) is 22.7. The lowest BCUT2D eigenvalue weighted by Gasteiger charge is -2.14. The highest BCUT2D eigenvalue weighted by molar-refractivity contribution is 6.09. The van der Waals surface area contributed by atoms with Gasteiger partial charge in [0.05, 0.1) is 6.54 Å². The molecule has 4 aromatic rings. The molecule has 1 aliphatic rings. The molecule has 1 aliphatic carbocycles. The standard InChI is InChI=1S/C31H32N2O2/c1-3-22-15-24-17-26(18-25(24)16-23(22)4-2)33-19-29(34)27-12-13-30(31-28(27)11-8-14-32-31)35-20-21-9-6-5-7-10-21/h5-16,26,33H,3-4,17-20H2,1-2H3. The Kier molecular flexibility index (Phi) is 6.91. The molecule has 0 radical (unpaired) electrons. The summed E-state index contributed by atoms with van der Waals surface area (Å²) >= 11 is 0. The molecule has 1 heterocycles. The molecule has 0 fully saturated rings. The van der Waals surface area contributed by atoms with Gasteiger partial charge in [-0.05, 0) is 71.7 Å². The molecule has 0 amide bonds. The molecule has 0 bridgehead atoms. The number of ketones is 1. The number of pyridine rings is 1. The van der Waals surface area contributed by atoms with Crippen molar-refractivity contribution in [2.75, 3.05) is 6.54 Å². The van der Waals surface area contributed by atoms with Gasteiger partial charge in [0, 0.05) is 23.2 Å². The van der Waals surface area contributed by atoms with Gasteiger partial charge in [0.2, 0.25) is 0 Å². The second-order valence-corrected chi connectivity index (χ2v) is 9.29. The third kappa shape index (κ3) is 4.98. The highest BCUT2D eigenvalue weighted by Crippen LogP contribution is 2.29. The maximum absolute atomic E-state index is 13.2. The summed E-state index contributed by atoms with van der Waals surface area (Å²) in [5.74, 6) is 0.774. The Morgan fingerprint density at radius 1 is 0.943 bits per heavy atom. The first-order valence-electron chi connectivity index (χ1n) is 12.6. The fourth-order valence-electron chi connectivity index (χ4n) is 5.15.